The van der Waals surface area contributed by atoms with Gasteiger partial charge in [-0.25, -0.2) is 0 Å². The lowest BCUT2D eigenvalue weighted by atomic mass is 9.88. The van der Waals surface area contributed by atoms with Crippen molar-refractivity contribution in [1.82, 2.24) is 9.78 Å². The van der Waals surface area contributed by atoms with Crippen LogP contribution in [-0.4, -0.2) is 29.3 Å². The molecule has 0 bridgehead atoms. The summed E-state index contributed by atoms with van der Waals surface area (Å²) in [7, 11) is 1.71. The molecule has 4 nitrogen and oxygen atoms in total. The van der Waals surface area contributed by atoms with Crippen LogP contribution in [0.4, 0.5) is 0 Å². The molecule has 0 saturated carbocycles. The minimum Gasteiger partial charge on any atom is -0.385 e. The topological polar surface area (TPSA) is 44.1 Å². The molecule has 0 unspecified atom stereocenters. The smallest absolute Gasteiger partial charge is 0.163 e. The fourth-order valence-electron chi connectivity index (χ4n) is 2.81. The highest BCUT2D eigenvalue weighted by Gasteiger charge is 2.17. The van der Waals surface area contributed by atoms with E-state index in [1.165, 1.54) is 5.56 Å². The minimum atomic E-state index is 0.269. The van der Waals surface area contributed by atoms with Gasteiger partial charge in [0.2, 0.25) is 0 Å². The van der Waals surface area contributed by atoms with E-state index >= 15 is 0 Å². The number of rotatable bonds is 5. The Balaban J connectivity index is 1.81. The first-order valence-corrected chi connectivity index (χ1v) is 7.46. The maximum atomic E-state index is 12.0. The first-order chi connectivity index (χ1) is 10.3. The second kappa shape index (κ2) is 6.22. The molecule has 2 aromatic rings. The van der Waals surface area contributed by atoms with Gasteiger partial charge in [0.05, 0.1) is 6.20 Å². The Bertz CT molecular complexity index is 646. The molecule has 0 aliphatic heterocycles. The van der Waals surface area contributed by atoms with E-state index in [0.29, 0.717) is 6.42 Å². The maximum absolute atomic E-state index is 12.0. The third kappa shape index (κ3) is 3.05. The monoisotopic (exact) mass is 284 g/mol. The van der Waals surface area contributed by atoms with Gasteiger partial charge in [-0.15, -0.1) is 0 Å². The second-order valence-corrected chi connectivity index (χ2v) is 5.49. The van der Waals surface area contributed by atoms with Crippen LogP contribution in [0.3, 0.4) is 0 Å². The first kappa shape index (κ1) is 14.0. The normalized spacial score (nSPS) is 14.2. The minimum absolute atomic E-state index is 0.269. The standard InChI is InChI=1S/C17H20N2O2/c1-21-9-3-8-19-12-15(11-18-19)14-7-6-13-4-2-5-17(20)16(13)10-14/h6-7,10-12H,2-5,8-9H2,1H3. The summed E-state index contributed by atoms with van der Waals surface area (Å²) in [5.74, 6) is 0.269. The molecule has 0 radical (unpaired) electrons. The van der Waals surface area contributed by atoms with Gasteiger partial charge in [-0.1, -0.05) is 12.1 Å². The van der Waals surface area contributed by atoms with E-state index in [1.54, 1.807) is 7.11 Å². The molecule has 1 aliphatic rings. The number of Topliss-reactive ketones (excluding diaryl/α,β-unsaturated/α-hetero) is 1. The lowest BCUT2D eigenvalue weighted by molar-refractivity contribution is 0.0972. The number of carbonyl (C=O) groups is 1. The van der Waals surface area contributed by atoms with E-state index in [4.69, 9.17) is 4.74 Å². The molecule has 1 heterocycles. The van der Waals surface area contributed by atoms with Gasteiger partial charge in [-0.3, -0.25) is 9.48 Å². The Morgan fingerprint density at radius 2 is 2.19 bits per heavy atom. The van der Waals surface area contributed by atoms with E-state index < -0.39 is 0 Å². The predicted octanol–water partition coefficient (Wildman–Crippen LogP) is 3.11. The third-order valence-corrected chi connectivity index (χ3v) is 3.96. The number of fused-ring (bicyclic) bond motifs is 1. The summed E-state index contributed by atoms with van der Waals surface area (Å²) in [6, 6.07) is 6.20. The van der Waals surface area contributed by atoms with E-state index in [2.05, 4.69) is 17.2 Å². The SMILES string of the molecule is COCCCn1cc(-c2ccc3c(c2)C(=O)CCC3)cn1. The molecule has 0 fully saturated rings. The van der Waals surface area contributed by atoms with Crippen LogP contribution < -0.4 is 0 Å². The van der Waals surface area contributed by atoms with Crippen LogP contribution in [0.2, 0.25) is 0 Å². The summed E-state index contributed by atoms with van der Waals surface area (Å²) in [4.78, 5) is 12.0. The molecule has 1 aromatic heterocycles. The molecular weight excluding hydrogens is 264 g/mol. The van der Waals surface area contributed by atoms with Gasteiger partial charge >= 0.3 is 0 Å². The molecular formula is C17H20N2O2. The number of carbonyl (C=O) groups excluding carboxylic acids is 1. The molecule has 0 saturated heterocycles. The zero-order valence-corrected chi connectivity index (χ0v) is 12.3. The predicted molar refractivity (Wildman–Crippen MR) is 81.4 cm³/mol. The molecule has 1 aliphatic carbocycles. The van der Waals surface area contributed by atoms with Gasteiger partial charge in [0.15, 0.2) is 5.78 Å². The van der Waals surface area contributed by atoms with Crippen LogP contribution in [0.5, 0.6) is 0 Å². The van der Waals surface area contributed by atoms with Crippen LogP contribution in [0.1, 0.15) is 35.2 Å². The van der Waals surface area contributed by atoms with Crippen molar-refractivity contribution in [2.75, 3.05) is 13.7 Å². The number of ketones is 1. The van der Waals surface area contributed by atoms with E-state index in [1.807, 2.05) is 23.1 Å². The number of benzene rings is 1. The lowest BCUT2D eigenvalue weighted by Crippen LogP contribution is -2.10. The van der Waals surface area contributed by atoms with E-state index in [-0.39, 0.29) is 5.78 Å². The number of aromatic nitrogens is 2. The summed E-state index contributed by atoms with van der Waals surface area (Å²) in [6.45, 7) is 1.58. The van der Waals surface area contributed by atoms with Gasteiger partial charge < -0.3 is 4.74 Å². The Morgan fingerprint density at radius 3 is 3.05 bits per heavy atom. The summed E-state index contributed by atoms with van der Waals surface area (Å²) >= 11 is 0. The molecule has 0 N–H and O–H groups in total. The molecule has 1 aromatic carbocycles. The third-order valence-electron chi connectivity index (χ3n) is 3.96. The van der Waals surface area contributed by atoms with Crippen molar-refractivity contribution in [3.05, 3.63) is 41.7 Å². The van der Waals surface area contributed by atoms with Gasteiger partial charge in [-0.05, 0) is 36.5 Å². The van der Waals surface area contributed by atoms with Crippen molar-refractivity contribution in [1.29, 1.82) is 0 Å². The summed E-state index contributed by atoms with van der Waals surface area (Å²) in [5, 5.41) is 4.37. The molecule has 0 amide bonds. The average molecular weight is 284 g/mol. The van der Waals surface area contributed by atoms with Crippen LogP contribution in [0.25, 0.3) is 11.1 Å². The molecule has 110 valence electrons. The van der Waals surface area contributed by atoms with Gasteiger partial charge in [0.25, 0.3) is 0 Å². The van der Waals surface area contributed by atoms with Crippen molar-refractivity contribution >= 4 is 5.78 Å². The zero-order chi connectivity index (χ0) is 14.7. The molecule has 3 rings (SSSR count). The van der Waals surface area contributed by atoms with E-state index in [9.17, 15) is 4.79 Å². The van der Waals surface area contributed by atoms with Crippen molar-refractivity contribution in [2.24, 2.45) is 0 Å². The fraction of sp³-hybridized carbons (Fsp3) is 0.412. The Labute approximate surface area is 124 Å². The Kier molecular flexibility index (Phi) is 4.15. The second-order valence-electron chi connectivity index (χ2n) is 5.49. The lowest BCUT2D eigenvalue weighted by Gasteiger charge is -2.15. The number of hydrogen-bond acceptors (Lipinski definition) is 3. The highest BCUT2D eigenvalue weighted by atomic mass is 16.5. The van der Waals surface area contributed by atoms with Gasteiger partial charge in [-0.2, -0.15) is 5.10 Å². The molecule has 0 atom stereocenters. The average Bonchev–Trinajstić information content (AvgIpc) is 2.97. The number of ether oxygens (including phenoxy) is 1. The Hall–Kier alpha value is -1.94. The number of aryl methyl sites for hydroxylation is 2. The molecule has 4 heteroatoms. The summed E-state index contributed by atoms with van der Waals surface area (Å²) in [5.41, 5.74) is 4.21. The fourth-order valence-corrected chi connectivity index (χ4v) is 2.81. The van der Waals surface area contributed by atoms with Crippen LogP contribution in [0.15, 0.2) is 30.6 Å². The van der Waals surface area contributed by atoms with E-state index in [0.717, 1.165) is 49.1 Å². The van der Waals surface area contributed by atoms with Crippen molar-refractivity contribution in [2.45, 2.75) is 32.2 Å². The van der Waals surface area contributed by atoms with Crippen LogP contribution in [-0.2, 0) is 17.7 Å². The van der Waals surface area contributed by atoms with Crippen molar-refractivity contribution in [3.63, 3.8) is 0 Å². The quantitative estimate of drug-likeness (QED) is 0.792. The van der Waals surface area contributed by atoms with Crippen LogP contribution in [0, 0.1) is 0 Å². The maximum Gasteiger partial charge on any atom is 0.163 e. The van der Waals surface area contributed by atoms with Crippen molar-refractivity contribution in [3.8, 4) is 11.1 Å². The van der Waals surface area contributed by atoms with Gasteiger partial charge in [0, 0.05) is 44.0 Å². The van der Waals surface area contributed by atoms with Crippen molar-refractivity contribution < 1.29 is 9.53 Å². The highest BCUT2D eigenvalue weighted by molar-refractivity contribution is 5.99. The number of methoxy groups -OCH3 is 1. The first-order valence-electron chi connectivity index (χ1n) is 7.46. The largest absolute Gasteiger partial charge is 0.385 e. The highest BCUT2D eigenvalue weighted by Crippen LogP contribution is 2.27. The summed E-state index contributed by atoms with van der Waals surface area (Å²) < 4.78 is 6.98. The molecule has 21 heavy (non-hydrogen) atoms. The van der Waals surface area contributed by atoms with Gasteiger partial charge in [0.1, 0.15) is 0 Å². The van der Waals surface area contributed by atoms with Crippen LogP contribution >= 0.6 is 0 Å². The number of hydrogen-bond donors (Lipinski definition) is 0. The number of nitrogens with zero attached hydrogens (tertiary/aromatic N) is 2. The Morgan fingerprint density at radius 1 is 1.29 bits per heavy atom. The summed E-state index contributed by atoms with van der Waals surface area (Å²) in [6.07, 6.45) is 7.50. The zero-order valence-electron chi connectivity index (χ0n) is 12.3. The molecule has 0 spiro atoms.